The lowest BCUT2D eigenvalue weighted by Gasteiger charge is -2.11. The lowest BCUT2D eigenvalue weighted by Crippen LogP contribution is -2.34. The summed E-state index contributed by atoms with van der Waals surface area (Å²) < 4.78 is 24.4. The summed E-state index contributed by atoms with van der Waals surface area (Å²) in [5.74, 6) is -1.17. The smallest absolute Gasteiger partial charge is 0.325 e. The number of imide groups is 1. The lowest BCUT2D eigenvalue weighted by molar-refractivity contribution is -0.143. The van der Waals surface area contributed by atoms with E-state index in [9.17, 15) is 18.8 Å². The SMILES string of the molecule is COC(=O)CN1C(=O)S/C(=C\c2cc(Br)ccc2OCc2cccc(F)c2)C1=O. The van der Waals surface area contributed by atoms with Crippen LogP contribution < -0.4 is 4.74 Å². The van der Waals surface area contributed by atoms with Gasteiger partial charge in [0.05, 0.1) is 12.0 Å². The van der Waals surface area contributed by atoms with Crippen molar-refractivity contribution < 1.29 is 28.2 Å². The van der Waals surface area contributed by atoms with Crippen LogP contribution in [0.3, 0.4) is 0 Å². The molecule has 0 saturated carbocycles. The summed E-state index contributed by atoms with van der Waals surface area (Å²) in [4.78, 5) is 37.0. The maximum absolute atomic E-state index is 13.3. The molecule has 0 bridgehead atoms. The molecule has 1 aliphatic heterocycles. The highest BCUT2D eigenvalue weighted by Crippen LogP contribution is 2.35. The Balaban J connectivity index is 1.83. The number of thioether (sulfide) groups is 1. The summed E-state index contributed by atoms with van der Waals surface area (Å²) in [7, 11) is 1.18. The molecule has 2 aromatic rings. The average Bonchev–Trinajstić information content (AvgIpc) is 2.94. The first-order chi connectivity index (χ1) is 13.9. The second kappa shape index (κ2) is 9.23. The van der Waals surface area contributed by atoms with Gasteiger partial charge in [0.25, 0.3) is 11.1 Å². The van der Waals surface area contributed by atoms with Gasteiger partial charge in [0.1, 0.15) is 24.7 Å². The fourth-order valence-electron chi connectivity index (χ4n) is 2.52. The van der Waals surface area contributed by atoms with E-state index in [0.717, 1.165) is 21.1 Å². The third kappa shape index (κ3) is 5.24. The van der Waals surface area contributed by atoms with Crippen molar-refractivity contribution in [1.29, 1.82) is 0 Å². The van der Waals surface area contributed by atoms with Crippen LogP contribution in [0.1, 0.15) is 11.1 Å². The summed E-state index contributed by atoms with van der Waals surface area (Å²) in [6, 6.07) is 11.2. The number of nitrogens with zero attached hydrogens (tertiary/aromatic N) is 1. The molecule has 1 fully saturated rings. The van der Waals surface area contributed by atoms with Crippen molar-refractivity contribution >= 4 is 50.9 Å². The van der Waals surface area contributed by atoms with E-state index in [-0.39, 0.29) is 17.3 Å². The summed E-state index contributed by atoms with van der Waals surface area (Å²) in [6.07, 6.45) is 1.52. The predicted molar refractivity (Wildman–Crippen MR) is 110 cm³/mol. The quantitative estimate of drug-likeness (QED) is 0.452. The number of carbonyl (C=O) groups is 3. The highest BCUT2D eigenvalue weighted by molar-refractivity contribution is 9.10. The molecule has 2 aromatic carbocycles. The van der Waals surface area contributed by atoms with Gasteiger partial charge < -0.3 is 9.47 Å². The predicted octanol–water partition coefficient (Wildman–Crippen LogP) is 4.38. The first-order valence-corrected chi connectivity index (χ1v) is 9.97. The monoisotopic (exact) mass is 479 g/mol. The topological polar surface area (TPSA) is 72.9 Å². The van der Waals surface area contributed by atoms with Crippen LogP contribution in [0.2, 0.25) is 0 Å². The molecule has 9 heteroatoms. The average molecular weight is 480 g/mol. The van der Waals surface area contributed by atoms with Crippen LogP contribution in [0, 0.1) is 5.82 Å². The number of benzene rings is 2. The second-order valence-electron chi connectivity index (χ2n) is 5.94. The zero-order chi connectivity index (χ0) is 21.0. The fourth-order valence-corrected chi connectivity index (χ4v) is 3.73. The number of rotatable bonds is 6. The molecule has 1 saturated heterocycles. The van der Waals surface area contributed by atoms with Crippen LogP contribution in [0.25, 0.3) is 6.08 Å². The summed E-state index contributed by atoms with van der Waals surface area (Å²) in [5.41, 5.74) is 1.21. The third-order valence-electron chi connectivity index (χ3n) is 3.93. The van der Waals surface area contributed by atoms with Crippen LogP contribution in [-0.2, 0) is 20.9 Å². The van der Waals surface area contributed by atoms with Gasteiger partial charge in [-0.25, -0.2) is 4.39 Å². The summed E-state index contributed by atoms with van der Waals surface area (Å²) in [5, 5.41) is -0.552. The number of hydrogen-bond donors (Lipinski definition) is 0. The Kier molecular flexibility index (Phi) is 6.71. The van der Waals surface area contributed by atoms with Crippen molar-refractivity contribution in [3.8, 4) is 5.75 Å². The van der Waals surface area contributed by atoms with E-state index in [1.165, 1.54) is 25.3 Å². The Labute approximate surface area is 178 Å². The van der Waals surface area contributed by atoms with Crippen molar-refractivity contribution in [2.75, 3.05) is 13.7 Å². The number of hydrogen-bond acceptors (Lipinski definition) is 6. The molecule has 3 rings (SSSR count). The van der Waals surface area contributed by atoms with Gasteiger partial charge in [-0.2, -0.15) is 0 Å². The Morgan fingerprint density at radius 2 is 2.03 bits per heavy atom. The van der Waals surface area contributed by atoms with Crippen molar-refractivity contribution in [2.24, 2.45) is 0 Å². The van der Waals surface area contributed by atoms with Crippen molar-refractivity contribution in [3.05, 3.63) is 68.8 Å². The van der Waals surface area contributed by atoms with Gasteiger partial charge in [-0.05, 0) is 53.7 Å². The standard InChI is InChI=1S/C20H15BrFNO5S/c1-27-18(24)10-23-19(25)17(29-20(23)26)9-13-8-14(21)5-6-16(13)28-11-12-3-2-4-15(22)7-12/h2-9H,10-11H2,1H3/b17-9-. The van der Waals surface area contributed by atoms with Gasteiger partial charge in [-0.1, -0.05) is 28.1 Å². The molecule has 2 amide bonds. The highest BCUT2D eigenvalue weighted by atomic mass is 79.9. The van der Waals surface area contributed by atoms with Gasteiger partial charge in [-0.3, -0.25) is 19.3 Å². The van der Waals surface area contributed by atoms with E-state index in [1.807, 2.05) is 0 Å². The maximum Gasteiger partial charge on any atom is 0.325 e. The van der Waals surface area contributed by atoms with E-state index in [0.29, 0.717) is 16.9 Å². The van der Waals surface area contributed by atoms with Gasteiger partial charge in [-0.15, -0.1) is 0 Å². The molecule has 0 radical (unpaired) electrons. The van der Waals surface area contributed by atoms with E-state index >= 15 is 0 Å². The Hall–Kier alpha value is -2.65. The molecule has 0 N–H and O–H groups in total. The Morgan fingerprint density at radius 1 is 1.24 bits per heavy atom. The maximum atomic E-state index is 13.3. The van der Waals surface area contributed by atoms with E-state index in [1.54, 1.807) is 30.3 Å². The molecule has 1 aliphatic rings. The van der Waals surface area contributed by atoms with Gasteiger partial charge >= 0.3 is 5.97 Å². The van der Waals surface area contributed by atoms with Crippen molar-refractivity contribution in [1.82, 2.24) is 4.90 Å². The first kappa shape index (κ1) is 21.1. The molecule has 6 nitrogen and oxygen atoms in total. The third-order valence-corrected chi connectivity index (χ3v) is 5.33. The van der Waals surface area contributed by atoms with Gasteiger partial charge in [0.2, 0.25) is 0 Å². The molecule has 29 heavy (non-hydrogen) atoms. The number of esters is 1. The zero-order valence-electron chi connectivity index (χ0n) is 15.2. The summed E-state index contributed by atoms with van der Waals surface area (Å²) in [6.45, 7) is -0.316. The van der Waals surface area contributed by atoms with Crippen molar-refractivity contribution in [3.63, 3.8) is 0 Å². The summed E-state index contributed by atoms with van der Waals surface area (Å²) >= 11 is 4.10. The minimum Gasteiger partial charge on any atom is -0.488 e. The normalized spacial score (nSPS) is 15.1. The molecular formula is C20H15BrFNO5S. The highest BCUT2D eigenvalue weighted by Gasteiger charge is 2.36. The molecule has 0 atom stereocenters. The molecule has 150 valence electrons. The molecule has 0 aliphatic carbocycles. The van der Waals surface area contributed by atoms with Crippen LogP contribution in [0.15, 0.2) is 51.8 Å². The molecule has 0 aromatic heterocycles. The fraction of sp³-hybridized carbons (Fsp3) is 0.150. The van der Waals surface area contributed by atoms with Crippen molar-refractivity contribution in [2.45, 2.75) is 6.61 Å². The van der Waals surface area contributed by atoms with Crippen LogP contribution in [-0.4, -0.2) is 35.7 Å². The second-order valence-corrected chi connectivity index (χ2v) is 7.85. The van der Waals surface area contributed by atoms with E-state index in [4.69, 9.17) is 4.74 Å². The minimum atomic E-state index is -0.685. The van der Waals surface area contributed by atoms with Crippen LogP contribution in [0.5, 0.6) is 5.75 Å². The van der Waals surface area contributed by atoms with E-state index in [2.05, 4.69) is 20.7 Å². The molecule has 0 unspecified atom stereocenters. The largest absolute Gasteiger partial charge is 0.488 e. The van der Waals surface area contributed by atoms with Crippen LogP contribution in [0.4, 0.5) is 9.18 Å². The minimum absolute atomic E-state index is 0.129. The number of ether oxygens (including phenoxy) is 2. The first-order valence-electron chi connectivity index (χ1n) is 8.36. The number of halogens is 2. The zero-order valence-corrected chi connectivity index (χ0v) is 17.6. The Morgan fingerprint density at radius 3 is 2.76 bits per heavy atom. The molecular weight excluding hydrogens is 465 g/mol. The molecule has 0 spiro atoms. The van der Waals surface area contributed by atoms with Gasteiger partial charge in [0.15, 0.2) is 0 Å². The van der Waals surface area contributed by atoms with E-state index < -0.39 is 23.7 Å². The lowest BCUT2D eigenvalue weighted by atomic mass is 10.1. The number of methoxy groups -OCH3 is 1. The molecule has 1 heterocycles. The Bertz CT molecular complexity index is 1010. The number of carbonyl (C=O) groups excluding carboxylic acids is 3. The van der Waals surface area contributed by atoms with Crippen LogP contribution >= 0.6 is 27.7 Å². The van der Waals surface area contributed by atoms with Gasteiger partial charge in [0, 0.05) is 10.0 Å². The number of amides is 2.